The molecule has 0 atom stereocenters. The molecule has 100 valence electrons. The number of hydrogen-bond acceptors (Lipinski definition) is 6. The third-order valence-corrected chi connectivity index (χ3v) is 4.79. The van der Waals surface area contributed by atoms with E-state index in [0.717, 1.165) is 18.4 Å². The average molecular weight is 292 g/mol. The molecule has 1 heterocycles. The van der Waals surface area contributed by atoms with Gasteiger partial charge in [-0.15, -0.1) is 11.3 Å². The number of nitrogens with one attached hydrogen (secondary N) is 1. The maximum Gasteiger partial charge on any atom is 0.349 e. The molecule has 0 aliphatic rings. The summed E-state index contributed by atoms with van der Waals surface area (Å²) in [5.74, 6) is -1.56. The number of amides is 1. The van der Waals surface area contributed by atoms with Crippen molar-refractivity contribution < 1.29 is 22.7 Å². The number of rotatable bonds is 5. The number of aryl methyl sites for hydroxylation is 1. The molecule has 1 rings (SSSR count). The molecule has 0 saturated carbocycles. The summed E-state index contributed by atoms with van der Waals surface area (Å²) < 4.78 is 30.4. The molecule has 0 aromatic carbocycles. The molecular formula is C9H12N2O5S2. The van der Waals surface area contributed by atoms with E-state index in [9.17, 15) is 18.0 Å². The van der Waals surface area contributed by atoms with E-state index in [4.69, 9.17) is 5.73 Å². The van der Waals surface area contributed by atoms with E-state index in [1.54, 1.807) is 6.92 Å². The standard InChI is InChI=1S/C9H12N2O5S2/c1-5-4-17-7(9(13)16-2)8(5)18(14,15)11-3-6(10)12/h4,11H,3H2,1-2H3,(H2,10,12). The highest BCUT2D eigenvalue weighted by Crippen LogP contribution is 2.27. The highest BCUT2D eigenvalue weighted by atomic mass is 32.2. The van der Waals surface area contributed by atoms with E-state index in [1.165, 1.54) is 5.38 Å². The molecule has 0 aliphatic heterocycles. The van der Waals surface area contributed by atoms with Crippen molar-refractivity contribution in [2.75, 3.05) is 13.7 Å². The molecule has 0 radical (unpaired) electrons. The summed E-state index contributed by atoms with van der Waals surface area (Å²) in [5, 5.41) is 1.52. The molecule has 1 amide bonds. The molecular weight excluding hydrogens is 280 g/mol. The second-order valence-electron chi connectivity index (χ2n) is 3.36. The van der Waals surface area contributed by atoms with Gasteiger partial charge in [-0.3, -0.25) is 4.79 Å². The molecule has 0 unspecified atom stereocenters. The maximum absolute atomic E-state index is 11.9. The molecule has 9 heteroatoms. The number of carbonyl (C=O) groups is 2. The van der Waals surface area contributed by atoms with Gasteiger partial charge in [-0.1, -0.05) is 0 Å². The van der Waals surface area contributed by atoms with Gasteiger partial charge in [0.2, 0.25) is 15.9 Å². The predicted octanol–water partition coefficient (Wildman–Crippen LogP) is -0.393. The predicted molar refractivity (Wildman–Crippen MR) is 64.8 cm³/mol. The van der Waals surface area contributed by atoms with E-state index in [1.807, 2.05) is 4.72 Å². The van der Waals surface area contributed by atoms with Crippen LogP contribution in [0.15, 0.2) is 10.3 Å². The van der Waals surface area contributed by atoms with Crippen LogP contribution >= 0.6 is 11.3 Å². The van der Waals surface area contributed by atoms with Crippen LogP contribution in [0.5, 0.6) is 0 Å². The minimum Gasteiger partial charge on any atom is -0.465 e. The van der Waals surface area contributed by atoms with Crippen LogP contribution in [-0.4, -0.2) is 33.9 Å². The van der Waals surface area contributed by atoms with E-state index in [-0.39, 0.29) is 9.77 Å². The van der Waals surface area contributed by atoms with Crippen molar-refractivity contribution in [2.45, 2.75) is 11.8 Å². The summed E-state index contributed by atoms with van der Waals surface area (Å²) in [7, 11) is -2.81. The number of hydrogen-bond donors (Lipinski definition) is 2. The lowest BCUT2D eigenvalue weighted by molar-refractivity contribution is -0.116. The van der Waals surface area contributed by atoms with Crippen molar-refractivity contribution in [1.82, 2.24) is 4.72 Å². The van der Waals surface area contributed by atoms with Gasteiger partial charge >= 0.3 is 5.97 Å². The number of esters is 1. The quantitative estimate of drug-likeness (QED) is 0.717. The Morgan fingerprint density at radius 2 is 2.11 bits per heavy atom. The van der Waals surface area contributed by atoms with E-state index < -0.39 is 28.4 Å². The second-order valence-corrected chi connectivity index (χ2v) is 5.94. The first-order valence-corrected chi connectivity index (χ1v) is 7.10. The minimum atomic E-state index is -3.97. The van der Waals surface area contributed by atoms with Gasteiger partial charge in [0.05, 0.1) is 13.7 Å². The lowest BCUT2D eigenvalue weighted by atomic mass is 10.3. The Morgan fingerprint density at radius 3 is 2.61 bits per heavy atom. The molecule has 0 fully saturated rings. The number of methoxy groups -OCH3 is 1. The second kappa shape index (κ2) is 5.46. The van der Waals surface area contributed by atoms with Gasteiger partial charge in [0.1, 0.15) is 9.77 Å². The Bertz CT molecular complexity index is 576. The van der Waals surface area contributed by atoms with Crippen molar-refractivity contribution in [3.05, 3.63) is 15.8 Å². The Kier molecular flexibility index (Phi) is 4.43. The van der Waals surface area contributed by atoms with Crippen LogP contribution in [0.2, 0.25) is 0 Å². The van der Waals surface area contributed by atoms with Crippen molar-refractivity contribution >= 4 is 33.2 Å². The monoisotopic (exact) mass is 292 g/mol. The average Bonchev–Trinajstić information content (AvgIpc) is 2.68. The van der Waals surface area contributed by atoms with Gasteiger partial charge in [0.25, 0.3) is 0 Å². The summed E-state index contributed by atoms with van der Waals surface area (Å²) in [6, 6.07) is 0. The highest BCUT2D eigenvalue weighted by Gasteiger charge is 2.27. The summed E-state index contributed by atoms with van der Waals surface area (Å²) in [5.41, 5.74) is 5.26. The fraction of sp³-hybridized carbons (Fsp3) is 0.333. The molecule has 0 saturated heterocycles. The summed E-state index contributed by atoms with van der Waals surface area (Å²) in [4.78, 5) is 21.8. The third kappa shape index (κ3) is 3.06. The number of sulfonamides is 1. The Balaban J connectivity index is 3.19. The zero-order valence-electron chi connectivity index (χ0n) is 9.72. The van der Waals surface area contributed by atoms with Crippen LogP contribution in [0, 0.1) is 6.92 Å². The van der Waals surface area contributed by atoms with Crippen LogP contribution in [0.3, 0.4) is 0 Å². The van der Waals surface area contributed by atoms with Crippen molar-refractivity contribution in [2.24, 2.45) is 5.73 Å². The summed E-state index contributed by atoms with van der Waals surface area (Å²) >= 11 is 0.960. The third-order valence-electron chi connectivity index (χ3n) is 1.99. The SMILES string of the molecule is COC(=O)c1scc(C)c1S(=O)(=O)NCC(N)=O. The van der Waals surface area contributed by atoms with Gasteiger partial charge in [0.15, 0.2) is 0 Å². The van der Waals surface area contributed by atoms with Gasteiger partial charge < -0.3 is 10.5 Å². The van der Waals surface area contributed by atoms with Crippen molar-refractivity contribution in [3.63, 3.8) is 0 Å². The number of carbonyl (C=O) groups excluding carboxylic acids is 2. The maximum atomic E-state index is 11.9. The molecule has 3 N–H and O–H groups in total. The molecule has 0 bridgehead atoms. The fourth-order valence-electron chi connectivity index (χ4n) is 1.24. The fourth-order valence-corrected chi connectivity index (χ4v) is 3.93. The van der Waals surface area contributed by atoms with Crippen molar-refractivity contribution in [3.8, 4) is 0 Å². The first-order valence-electron chi connectivity index (χ1n) is 4.74. The molecule has 0 aliphatic carbocycles. The van der Waals surface area contributed by atoms with E-state index >= 15 is 0 Å². The summed E-state index contributed by atoms with van der Waals surface area (Å²) in [6.07, 6.45) is 0. The number of nitrogens with two attached hydrogens (primary N) is 1. The number of thiophene rings is 1. The molecule has 1 aromatic rings. The van der Waals surface area contributed by atoms with E-state index in [2.05, 4.69) is 4.74 Å². The van der Waals surface area contributed by atoms with Crippen LogP contribution < -0.4 is 10.5 Å². The van der Waals surface area contributed by atoms with E-state index in [0.29, 0.717) is 5.56 Å². The van der Waals surface area contributed by atoms with Crippen LogP contribution in [-0.2, 0) is 19.6 Å². The summed E-state index contributed by atoms with van der Waals surface area (Å²) in [6.45, 7) is 1.01. The van der Waals surface area contributed by atoms with Gasteiger partial charge in [0, 0.05) is 0 Å². The molecule has 18 heavy (non-hydrogen) atoms. The zero-order valence-corrected chi connectivity index (χ0v) is 11.4. The lowest BCUT2D eigenvalue weighted by Gasteiger charge is -2.06. The van der Waals surface area contributed by atoms with Gasteiger partial charge in [-0.05, 0) is 17.9 Å². The highest BCUT2D eigenvalue weighted by molar-refractivity contribution is 7.89. The number of ether oxygens (including phenoxy) is 1. The Hall–Kier alpha value is -1.45. The normalized spacial score (nSPS) is 11.2. The number of primary amides is 1. The topological polar surface area (TPSA) is 116 Å². The largest absolute Gasteiger partial charge is 0.465 e. The van der Waals surface area contributed by atoms with Crippen molar-refractivity contribution in [1.29, 1.82) is 0 Å². The minimum absolute atomic E-state index is 0.0352. The molecule has 0 spiro atoms. The van der Waals surface area contributed by atoms with Crippen LogP contribution in [0.25, 0.3) is 0 Å². The zero-order chi connectivity index (χ0) is 13.9. The van der Waals surface area contributed by atoms with Crippen LogP contribution in [0.1, 0.15) is 15.2 Å². The molecule has 1 aromatic heterocycles. The Morgan fingerprint density at radius 1 is 1.50 bits per heavy atom. The van der Waals surface area contributed by atoms with Crippen LogP contribution in [0.4, 0.5) is 0 Å². The first-order chi connectivity index (χ1) is 8.29. The lowest BCUT2D eigenvalue weighted by Crippen LogP contribution is -2.34. The molecule has 7 nitrogen and oxygen atoms in total. The van der Waals surface area contributed by atoms with Gasteiger partial charge in [-0.25, -0.2) is 17.9 Å². The Labute approximate surface area is 108 Å². The van der Waals surface area contributed by atoms with Gasteiger partial charge in [-0.2, -0.15) is 0 Å². The smallest absolute Gasteiger partial charge is 0.349 e. The first kappa shape index (κ1) is 14.6.